The molecular weight excluding hydrogens is 292 g/mol. The lowest BCUT2D eigenvalue weighted by molar-refractivity contribution is 0.359. The lowest BCUT2D eigenvalue weighted by Crippen LogP contribution is -2.04. The number of hydrogen-bond acceptors (Lipinski definition) is 1. The highest BCUT2D eigenvalue weighted by molar-refractivity contribution is 5.39. The molecule has 0 atom stereocenters. The van der Waals surface area contributed by atoms with E-state index in [1.54, 1.807) is 0 Å². The van der Waals surface area contributed by atoms with Crippen LogP contribution in [0.2, 0.25) is 0 Å². The first-order valence-electron chi connectivity index (χ1n) is 10.1. The molecule has 1 nitrogen and oxygen atoms in total. The fourth-order valence-electron chi connectivity index (χ4n) is 3.61. The van der Waals surface area contributed by atoms with Gasteiger partial charge in [-0.05, 0) is 79.4 Å². The minimum atomic E-state index is 0.416. The summed E-state index contributed by atoms with van der Waals surface area (Å²) in [5.74, 6) is 0.508. The van der Waals surface area contributed by atoms with Crippen molar-refractivity contribution in [1.29, 1.82) is 0 Å². The average molecular weight is 331 g/mol. The molecule has 24 heavy (non-hydrogen) atoms. The van der Waals surface area contributed by atoms with Gasteiger partial charge in [0.15, 0.2) is 0 Å². The molecule has 0 unspecified atom stereocenters. The maximum Gasteiger partial charge on any atom is 0.119 e. The number of hydrogen-bond donors (Lipinski definition) is 1. The lowest BCUT2D eigenvalue weighted by Gasteiger charge is -2.18. The molecule has 1 heteroatoms. The topological polar surface area (TPSA) is 20.2 Å². The van der Waals surface area contributed by atoms with Crippen molar-refractivity contribution in [3.05, 3.63) is 29.3 Å². The average Bonchev–Trinajstić information content (AvgIpc) is 3.22. The van der Waals surface area contributed by atoms with Gasteiger partial charge in [-0.15, -0.1) is 0 Å². The first-order chi connectivity index (χ1) is 11.3. The number of phenols is 1. The summed E-state index contributed by atoms with van der Waals surface area (Å²) in [5.41, 5.74) is 3.70. The number of benzene rings is 1. The number of unbranched alkanes of at least 4 members (excludes halogenated alkanes) is 3. The zero-order valence-electron chi connectivity index (χ0n) is 16.5. The minimum absolute atomic E-state index is 0.416. The summed E-state index contributed by atoms with van der Waals surface area (Å²) in [6, 6.07) is 6.09. The van der Waals surface area contributed by atoms with Gasteiger partial charge in [0, 0.05) is 0 Å². The fourth-order valence-corrected chi connectivity index (χ4v) is 3.61. The fraction of sp³-hybridized carbons (Fsp3) is 0.739. The van der Waals surface area contributed by atoms with Crippen molar-refractivity contribution in [2.75, 3.05) is 0 Å². The highest BCUT2D eigenvalue weighted by Gasteiger charge is 2.35. The van der Waals surface area contributed by atoms with E-state index in [4.69, 9.17) is 0 Å². The smallest absolute Gasteiger partial charge is 0.119 e. The monoisotopic (exact) mass is 330 g/mol. The Hall–Kier alpha value is -0.980. The number of rotatable bonds is 10. The van der Waals surface area contributed by atoms with Crippen LogP contribution in [0.3, 0.4) is 0 Å². The van der Waals surface area contributed by atoms with Crippen molar-refractivity contribution < 1.29 is 5.11 Å². The molecule has 1 aromatic carbocycles. The third-order valence-corrected chi connectivity index (χ3v) is 5.68. The second kappa shape index (κ2) is 8.41. The Bertz CT molecular complexity index is 505. The molecule has 1 N–H and O–H groups in total. The first-order valence-corrected chi connectivity index (χ1v) is 10.1. The van der Waals surface area contributed by atoms with E-state index in [0.29, 0.717) is 16.6 Å². The molecule has 0 bridgehead atoms. The Kier molecular flexibility index (Phi) is 6.78. The quantitative estimate of drug-likeness (QED) is 0.455. The molecule has 0 radical (unpaired) electrons. The summed E-state index contributed by atoms with van der Waals surface area (Å²) < 4.78 is 0. The predicted molar refractivity (Wildman–Crippen MR) is 105 cm³/mol. The van der Waals surface area contributed by atoms with Crippen LogP contribution < -0.4 is 0 Å². The van der Waals surface area contributed by atoms with Crippen molar-refractivity contribution in [3.63, 3.8) is 0 Å². The first kappa shape index (κ1) is 19.3. The molecule has 1 aliphatic rings. The molecule has 0 heterocycles. The number of aromatic hydroxyl groups is 1. The van der Waals surface area contributed by atoms with Crippen molar-refractivity contribution in [1.82, 2.24) is 0 Å². The minimum Gasteiger partial charge on any atom is -0.508 e. The van der Waals surface area contributed by atoms with Crippen molar-refractivity contribution in [2.24, 2.45) is 10.8 Å². The van der Waals surface area contributed by atoms with Gasteiger partial charge in [0.1, 0.15) is 5.75 Å². The molecule has 0 aromatic heterocycles. The highest BCUT2D eigenvalue weighted by Crippen LogP contribution is 2.49. The van der Waals surface area contributed by atoms with Crippen LogP contribution in [0.15, 0.2) is 18.2 Å². The van der Waals surface area contributed by atoms with Crippen molar-refractivity contribution in [2.45, 2.75) is 98.3 Å². The second-order valence-electron chi connectivity index (χ2n) is 9.55. The zero-order valence-corrected chi connectivity index (χ0v) is 16.5. The van der Waals surface area contributed by atoms with Gasteiger partial charge in [0.25, 0.3) is 0 Å². The molecule has 0 aliphatic heterocycles. The molecule has 1 fully saturated rings. The van der Waals surface area contributed by atoms with E-state index < -0.39 is 0 Å². The van der Waals surface area contributed by atoms with Gasteiger partial charge in [-0.1, -0.05) is 59.1 Å². The van der Waals surface area contributed by atoms with Gasteiger partial charge in [-0.2, -0.15) is 0 Å². The van der Waals surface area contributed by atoms with Gasteiger partial charge in [0.05, 0.1) is 0 Å². The summed E-state index contributed by atoms with van der Waals surface area (Å²) in [6.45, 7) is 9.35. The Morgan fingerprint density at radius 3 is 2.33 bits per heavy atom. The van der Waals surface area contributed by atoms with E-state index in [0.717, 1.165) is 12.8 Å². The van der Waals surface area contributed by atoms with E-state index >= 15 is 0 Å². The van der Waals surface area contributed by atoms with Crippen LogP contribution in [0.5, 0.6) is 5.75 Å². The third kappa shape index (κ3) is 6.87. The van der Waals surface area contributed by atoms with Crippen LogP contribution in [-0.4, -0.2) is 5.11 Å². The molecular formula is C23H38O. The van der Waals surface area contributed by atoms with Crippen LogP contribution in [-0.2, 0) is 12.8 Å². The molecule has 0 spiro atoms. The number of aryl methyl sites for hydroxylation is 1. The van der Waals surface area contributed by atoms with Crippen molar-refractivity contribution >= 4 is 0 Å². The van der Waals surface area contributed by atoms with E-state index in [2.05, 4.69) is 33.8 Å². The van der Waals surface area contributed by atoms with Crippen LogP contribution in [0, 0.1) is 10.8 Å². The summed E-state index contributed by atoms with van der Waals surface area (Å²) in [5, 5.41) is 10.3. The van der Waals surface area contributed by atoms with Gasteiger partial charge in [-0.25, -0.2) is 0 Å². The van der Waals surface area contributed by atoms with E-state index in [9.17, 15) is 5.11 Å². The normalized spacial score (nSPS) is 16.3. The molecule has 136 valence electrons. The molecule has 0 amide bonds. The number of phenolic OH excluding ortho intramolecular Hbond substituents is 1. The summed E-state index contributed by atoms with van der Waals surface area (Å²) >= 11 is 0. The maximum atomic E-state index is 10.3. The molecule has 1 saturated carbocycles. The molecule has 1 aromatic rings. The van der Waals surface area contributed by atoms with Crippen molar-refractivity contribution in [3.8, 4) is 5.75 Å². The van der Waals surface area contributed by atoms with Crippen LogP contribution in [0.1, 0.15) is 96.6 Å². The van der Waals surface area contributed by atoms with Gasteiger partial charge in [0.2, 0.25) is 0 Å². The van der Waals surface area contributed by atoms with Gasteiger partial charge < -0.3 is 5.11 Å². The third-order valence-electron chi connectivity index (χ3n) is 5.68. The Morgan fingerprint density at radius 2 is 1.67 bits per heavy atom. The zero-order chi connectivity index (χ0) is 17.6. The highest BCUT2D eigenvalue weighted by atomic mass is 16.3. The Balaban J connectivity index is 1.75. The summed E-state index contributed by atoms with van der Waals surface area (Å²) in [7, 11) is 0. The Labute approximate surface area is 149 Å². The van der Waals surface area contributed by atoms with E-state index in [-0.39, 0.29) is 0 Å². The second-order valence-corrected chi connectivity index (χ2v) is 9.55. The maximum absolute atomic E-state index is 10.3. The van der Waals surface area contributed by atoms with Gasteiger partial charge in [-0.3, -0.25) is 0 Å². The summed E-state index contributed by atoms with van der Waals surface area (Å²) in [6.07, 6.45) is 14.1. The van der Waals surface area contributed by atoms with Crippen LogP contribution in [0.4, 0.5) is 0 Å². The van der Waals surface area contributed by atoms with Crippen LogP contribution in [0.25, 0.3) is 0 Å². The van der Waals surface area contributed by atoms with Crippen LogP contribution >= 0.6 is 0 Å². The lowest BCUT2D eigenvalue weighted by atomic mass is 9.88. The predicted octanol–water partition coefficient (Wildman–Crippen LogP) is 7.05. The SMILES string of the molecule is CC(C)(C)CCCCc1c(O)cccc1CCCCCC1(C)CC1. The molecule has 2 rings (SSSR count). The molecule has 1 aliphatic carbocycles. The molecule has 0 saturated heterocycles. The van der Waals surface area contributed by atoms with E-state index in [1.807, 2.05) is 12.1 Å². The van der Waals surface area contributed by atoms with Gasteiger partial charge >= 0.3 is 0 Å². The van der Waals surface area contributed by atoms with E-state index in [1.165, 1.54) is 68.9 Å². The summed E-state index contributed by atoms with van der Waals surface area (Å²) in [4.78, 5) is 0. The Morgan fingerprint density at radius 1 is 0.958 bits per heavy atom. The largest absolute Gasteiger partial charge is 0.508 e. The standard InChI is InChI=1S/C23H38O/c1-22(2,3)15-9-7-13-20-19(12-10-14-21(20)24)11-6-5-8-16-23(4)17-18-23/h10,12,14,24H,5-9,11,13,15-18H2,1-4H3.